The standard InChI is InChI=1S/C13H18FNO3/c1-9(8-17-2)7-15-12-6-10(14)4-5-11(12)13(16)18-3/h4-6,9,15H,7-8H2,1-3H3. The summed E-state index contributed by atoms with van der Waals surface area (Å²) in [6.07, 6.45) is 0. The first-order chi connectivity index (χ1) is 8.58. The van der Waals surface area contributed by atoms with E-state index in [0.29, 0.717) is 24.4 Å². The number of carbonyl (C=O) groups is 1. The van der Waals surface area contributed by atoms with Crippen LogP contribution in [0.1, 0.15) is 17.3 Å². The van der Waals surface area contributed by atoms with Gasteiger partial charge in [0.1, 0.15) is 5.82 Å². The van der Waals surface area contributed by atoms with Gasteiger partial charge in [-0.25, -0.2) is 9.18 Å². The van der Waals surface area contributed by atoms with E-state index in [1.54, 1.807) is 7.11 Å². The molecule has 0 aliphatic heterocycles. The Labute approximate surface area is 106 Å². The molecule has 0 aliphatic carbocycles. The van der Waals surface area contributed by atoms with Crippen LogP contribution < -0.4 is 5.32 Å². The molecule has 0 fully saturated rings. The molecule has 0 bridgehead atoms. The van der Waals surface area contributed by atoms with Crippen LogP contribution in [0.5, 0.6) is 0 Å². The third-order valence-electron chi connectivity index (χ3n) is 2.48. The minimum Gasteiger partial charge on any atom is -0.465 e. The fraction of sp³-hybridized carbons (Fsp3) is 0.462. The lowest BCUT2D eigenvalue weighted by Gasteiger charge is -2.14. The zero-order valence-corrected chi connectivity index (χ0v) is 10.8. The minimum absolute atomic E-state index is 0.253. The van der Waals surface area contributed by atoms with E-state index in [4.69, 9.17) is 4.74 Å². The molecule has 1 rings (SSSR count). The largest absolute Gasteiger partial charge is 0.465 e. The van der Waals surface area contributed by atoms with Gasteiger partial charge in [-0.15, -0.1) is 0 Å². The van der Waals surface area contributed by atoms with E-state index in [-0.39, 0.29) is 5.92 Å². The molecular formula is C13H18FNO3. The van der Waals surface area contributed by atoms with Crippen LogP contribution in [0.25, 0.3) is 0 Å². The molecule has 4 nitrogen and oxygen atoms in total. The van der Waals surface area contributed by atoms with Crippen molar-refractivity contribution in [3.8, 4) is 0 Å². The van der Waals surface area contributed by atoms with Crippen molar-refractivity contribution in [1.82, 2.24) is 0 Å². The van der Waals surface area contributed by atoms with E-state index in [1.807, 2.05) is 6.92 Å². The van der Waals surface area contributed by atoms with E-state index in [2.05, 4.69) is 10.1 Å². The van der Waals surface area contributed by atoms with E-state index in [9.17, 15) is 9.18 Å². The number of ether oxygens (including phenoxy) is 2. The number of benzene rings is 1. The number of hydrogen-bond donors (Lipinski definition) is 1. The molecule has 0 aliphatic rings. The molecule has 0 aromatic heterocycles. The lowest BCUT2D eigenvalue weighted by molar-refractivity contribution is 0.0601. The van der Waals surface area contributed by atoms with E-state index in [1.165, 1.54) is 25.3 Å². The van der Waals surface area contributed by atoms with Gasteiger partial charge < -0.3 is 14.8 Å². The second kappa shape index (κ2) is 6.96. The summed E-state index contributed by atoms with van der Waals surface area (Å²) in [6, 6.07) is 3.92. The Morgan fingerprint density at radius 1 is 1.44 bits per heavy atom. The number of anilines is 1. The van der Waals surface area contributed by atoms with Gasteiger partial charge in [-0.2, -0.15) is 0 Å². The van der Waals surface area contributed by atoms with Crippen LogP contribution >= 0.6 is 0 Å². The topological polar surface area (TPSA) is 47.6 Å². The molecule has 1 aromatic rings. The molecule has 0 radical (unpaired) electrons. The Hall–Kier alpha value is -1.62. The molecule has 1 atom stereocenters. The third-order valence-corrected chi connectivity index (χ3v) is 2.48. The Morgan fingerprint density at radius 2 is 2.17 bits per heavy atom. The highest BCUT2D eigenvalue weighted by atomic mass is 19.1. The Morgan fingerprint density at radius 3 is 2.78 bits per heavy atom. The van der Waals surface area contributed by atoms with Crippen LogP contribution in [-0.2, 0) is 9.47 Å². The molecule has 1 N–H and O–H groups in total. The van der Waals surface area contributed by atoms with Crippen LogP contribution in [0.2, 0.25) is 0 Å². The summed E-state index contributed by atoms with van der Waals surface area (Å²) in [5.41, 5.74) is 0.758. The van der Waals surface area contributed by atoms with Crippen molar-refractivity contribution in [3.63, 3.8) is 0 Å². The quantitative estimate of drug-likeness (QED) is 0.792. The van der Waals surface area contributed by atoms with Crippen molar-refractivity contribution in [1.29, 1.82) is 0 Å². The van der Waals surface area contributed by atoms with Crippen molar-refractivity contribution in [2.75, 3.05) is 32.7 Å². The molecule has 0 amide bonds. The predicted molar refractivity (Wildman–Crippen MR) is 67.3 cm³/mol. The molecular weight excluding hydrogens is 237 g/mol. The van der Waals surface area contributed by atoms with Crippen molar-refractivity contribution in [2.24, 2.45) is 5.92 Å². The first kappa shape index (κ1) is 14.4. The monoisotopic (exact) mass is 255 g/mol. The summed E-state index contributed by atoms with van der Waals surface area (Å²) < 4.78 is 22.8. The fourth-order valence-electron chi connectivity index (χ4n) is 1.58. The zero-order chi connectivity index (χ0) is 13.5. The van der Waals surface area contributed by atoms with Crippen LogP contribution in [0, 0.1) is 11.7 Å². The second-order valence-corrected chi connectivity index (χ2v) is 4.12. The number of nitrogens with one attached hydrogen (secondary N) is 1. The highest BCUT2D eigenvalue weighted by Gasteiger charge is 2.13. The first-order valence-electron chi connectivity index (χ1n) is 5.69. The van der Waals surface area contributed by atoms with Gasteiger partial charge in [0.25, 0.3) is 0 Å². The van der Waals surface area contributed by atoms with Crippen LogP contribution in [0.3, 0.4) is 0 Å². The number of rotatable bonds is 6. The van der Waals surface area contributed by atoms with Crippen molar-refractivity contribution < 1.29 is 18.7 Å². The molecule has 0 saturated heterocycles. The summed E-state index contributed by atoms with van der Waals surface area (Å²) in [5.74, 6) is -0.634. The zero-order valence-electron chi connectivity index (χ0n) is 10.8. The normalized spacial score (nSPS) is 12.0. The van der Waals surface area contributed by atoms with Gasteiger partial charge in [0, 0.05) is 13.7 Å². The predicted octanol–water partition coefficient (Wildman–Crippen LogP) is 2.31. The maximum Gasteiger partial charge on any atom is 0.339 e. The summed E-state index contributed by atoms with van der Waals surface area (Å²) in [6.45, 7) is 3.17. The molecule has 18 heavy (non-hydrogen) atoms. The number of carbonyl (C=O) groups excluding carboxylic acids is 1. The number of methoxy groups -OCH3 is 2. The maximum absolute atomic E-state index is 13.2. The van der Waals surface area contributed by atoms with Crippen LogP contribution in [0.4, 0.5) is 10.1 Å². The van der Waals surface area contributed by atoms with Gasteiger partial charge in [0.15, 0.2) is 0 Å². The van der Waals surface area contributed by atoms with Gasteiger partial charge in [-0.1, -0.05) is 6.92 Å². The third kappa shape index (κ3) is 4.00. The smallest absolute Gasteiger partial charge is 0.339 e. The van der Waals surface area contributed by atoms with Gasteiger partial charge in [0.2, 0.25) is 0 Å². The van der Waals surface area contributed by atoms with Crippen LogP contribution in [0.15, 0.2) is 18.2 Å². The lowest BCUT2D eigenvalue weighted by Crippen LogP contribution is -2.17. The van der Waals surface area contributed by atoms with Crippen molar-refractivity contribution in [3.05, 3.63) is 29.6 Å². The summed E-state index contributed by atoms with van der Waals surface area (Å²) in [5, 5.41) is 3.03. The van der Waals surface area contributed by atoms with Crippen LogP contribution in [-0.4, -0.2) is 33.3 Å². The molecule has 0 spiro atoms. The number of esters is 1. The average molecular weight is 255 g/mol. The van der Waals surface area contributed by atoms with Crippen molar-refractivity contribution in [2.45, 2.75) is 6.92 Å². The van der Waals surface area contributed by atoms with Gasteiger partial charge in [0.05, 0.1) is 25.0 Å². The summed E-state index contributed by atoms with van der Waals surface area (Å²) in [7, 11) is 2.92. The lowest BCUT2D eigenvalue weighted by atomic mass is 10.1. The van der Waals surface area contributed by atoms with E-state index >= 15 is 0 Å². The first-order valence-corrected chi connectivity index (χ1v) is 5.69. The molecule has 1 unspecified atom stereocenters. The average Bonchev–Trinajstić information content (AvgIpc) is 2.36. The molecule has 0 saturated carbocycles. The van der Waals surface area contributed by atoms with Gasteiger partial charge in [-0.05, 0) is 24.1 Å². The summed E-state index contributed by atoms with van der Waals surface area (Å²) in [4.78, 5) is 11.5. The highest BCUT2D eigenvalue weighted by Crippen LogP contribution is 2.18. The molecule has 0 heterocycles. The molecule has 100 valence electrons. The molecule has 5 heteroatoms. The van der Waals surface area contributed by atoms with E-state index in [0.717, 1.165) is 0 Å². The molecule has 1 aromatic carbocycles. The second-order valence-electron chi connectivity index (χ2n) is 4.12. The summed E-state index contributed by atoms with van der Waals surface area (Å²) >= 11 is 0. The minimum atomic E-state index is -0.489. The maximum atomic E-state index is 13.2. The number of hydrogen-bond acceptors (Lipinski definition) is 4. The van der Waals surface area contributed by atoms with Gasteiger partial charge >= 0.3 is 5.97 Å². The Kier molecular flexibility index (Phi) is 5.58. The highest BCUT2D eigenvalue weighted by molar-refractivity contribution is 5.95. The Bertz CT molecular complexity index is 409. The fourth-order valence-corrected chi connectivity index (χ4v) is 1.58. The Balaban J connectivity index is 2.79. The van der Waals surface area contributed by atoms with Crippen molar-refractivity contribution >= 4 is 11.7 Å². The SMILES string of the molecule is COCC(C)CNc1cc(F)ccc1C(=O)OC. The van der Waals surface area contributed by atoms with E-state index < -0.39 is 11.8 Å². The van der Waals surface area contributed by atoms with Gasteiger partial charge in [-0.3, -0.25) is 0 Å². The number of halogens is 1.